The Hall–Kier alpha value is -2.53. The predicted molar refractivity (Wildman–Crippen MR) is 110 cm³/mol. The molecule has 0 aliphatic carbocycles. The lowest BCUT2D eigenvalue weighted by molar-refractivity contribution is -0.124. The molecule has 1 aliphatic heterocycles. The number of nitrogens with one attached hydrogen (secondary N) is 1. The van der Waals surface area contributed by atoms with Gasteiger partial charge >= 0.3 is 0 Å². The fraction of sp³-hybridized carbons (Fsp3) is 0.364. The first-order valence-electron chi connectivity index (χ1n) is 9.46. The number of piperidine rings is 1. The lowest BCUT2D eigenvalue weighted by Crippen LogP contribution is -2.47. The predicted octanol–water partition coefficient (Wildman–Crippen LogP) is 3.76. The number of rotatable bonds is 5. The zero-order chi connectivity index (χ0) is 20.1. The average Bonchev–Trinajstić information content (AvgIpc) is 2.69. The molecule has 28 heavy (non-hydrogen) atoms. The van der Waals surface area contributed by atoms with E-state index in [-0.39, 0.29) is 24.5 Å². The molecule has 0 spiro atoms. The molecule has 2 amide bonds. The van der Waals surface area contributed by atoms with Gasteiger partial charge in [0.1, 0.15) is 5.75 Å². The van der Waals surface area contributed by atoms with Crippen molar-refractivity contribution in [3.8, 4) is 5.75 Å². The van der Waals surface area contributed by atoms with Crippen LogP contribution in [0.15, 0.2) is 42.5 Å². The number of aryl methyl sites for hydroxylation is 2. The van der Waals surface area contributed by atoms with Gasteiger partial charge in [0.25, 0.3) is 11.8 Å². The Morgan fingerprint density at radius 1 is 1.11 bits per heavy atom. The van der Waals surface area contributed by atoms with E-state index >= 15 is 0 Å². The molecule has 0 radical (unpaired) electrons. The smallest absolute Gasteiger partial charge is 0.258 e. The molecule has 0 saturated carbocycles. The van der Waals surface area contributed by atoms with Gasteiger partial charge in [-0.25, -0.2) is 0 Å². The third-order valence-electron chi connectivity index (χ3n) is 5.07. The molecular formula is C22H25ClN2O3. The number of amides is 2. The Balaban J connectivity index is 1.44. The zero-order valence-corrected chi connectivity index (χ0v) is 17.0. The summed E-state index contributed by atoms with van der Waals surface area (Å²) in [4.78, 5) is 26.5. The van der Waals surface area contributed by atoms with Crippen LogP contribution in [0.2, 0.25) is 5.02 Å². The van der Waals surface area contributed by atoms with E-state index in [1.165, 1.54) is 5.56 Å². The molecule has 1 aliphatic rings. The number of halogens is 1. The van der Waals surface area contributed by atoms with Crippen LogP contribution < -0.4 is 10.1 Å². The molecule has 0 bridgehead atoms. The van der Waals surface area contributed by atoms with Gasteiger partial charge in [0.2, 0.25) is 0 Å². The van der Waals surface area contributed by atoms with E-state index in [1.54, 1.807) is 29.2 Å². The second kappa shape index (κ2) is 9.11. The van der Waals surface area contributed by atoms with Crippen LogP contribution in [0.25, 0.3) is 0 Å². The third kappa shape index (κ3) is 5.26. The minimum absolute atomic E-state index is 0.00976. The second-order valence-corrected chi connectivity index (χ2v) is 7.62. The number of nitrogens with zero attached hydrogens (tertiary/aromatic N) is 1. The summed E-state index contributed by atoms with van der Waals surface area (Å²) in [6.45, 7) is 5.25. The van der Waals surface area contributed by atoms with E-state index in [0.717, 1.165) is 18.4 Å². The highest BCUT2D eigenvalue weighted by Crippen LogP contribution is 2.18. The van der Waals surface area contributed by atoms with Gasteiger partial charge < -0.3 is 15.0 Å². The lowest BCUT2D eigenvalue weighted by Gasteiger charge is -2.32. The van der Waals surface area contributed by atoms with Crippen LogP contribution >= 0.6 is 11.6 Å². The molecule has 6 heteroatoms. The van der Waals surface area contributed by atoms with Crippen molar-refractivity contribution in [1.82, 2.24) is 10.2 Å². The van der Waals surface area contributed by atoms with Crippen molar-refractivity contribution in [1.29, 1.82) is 0 Å². The van der Waals surface area contributed by atoms with Gasteiger partial charge in [0, 0.05) is 29.7 Å². The molecule has 0 unspecified atom stereocenters. The van der Waals surface area contributed by atoms with Crippen molar-refractivity contribution in [3.05, 3.63) is 64.2 Å². The SMILES string of the molecule is Cc1ccc(OCC(=O)NC2CCN(C(=O)c3cccc(Cl)c3)CC2)cc1C. The minimum Gasteiger partial charge on any atom is -0.484 e. The van der Waals surface area contributed by atoms with Crippen LogP contribution in [-0.4, -0.2) is 42.5 Å². The standard InChI is InChI=1S/C22H25ClN2O3/c1-15-6-7-20(12-16(15)2)28-14-21(26)24-19-8-10-25(11-9-19)22(27)17-4-3-5-18(23)13-17/h3-7,12-13,19H,8-11,14H2,1-2H3,(H,24,26). The summed E-state index contributed by atoms with van der Waals surface area (Å²) in [5, 5.41) is 3.55. The van der Waals surface area contributed by atoms with E-state index < -0.39 is 0 Å². The topological polar surface area (TPSA) is 58.6 Å². The van der Waals surface area contributed by atoms with Gasteiger partial charge in [0.05, 0.1) is 0 Å². The highest BCUT2D eigenvalue weighted by atomic mass is 35.5. The number of likely N-dealkylation sites (tertiary alicyclic amines) is 1. The number of benzene rings is 2. The maximum absolute atomic E-state index is 12.6. The summed E-state index contributed by atoms with van der Waals surface area (Å²) < 4.78 is 5.58. The Labute approximate surface area is 170 Å². The van der Waals surface area contributed by atoms with Crippen LogP contribution in [-0.2, 0) is 4.79 Å². The summed E-state index contributed by atoms with van der Waals surface area (Å²) in [5.41, 5.74) is 2.92. The number of hydrogen-bond acceptors (Lipinski definition) is 3. The number of ether oxygens (including phenoxy) is 1. The molecular weight excluding hydrogens is 376 g/mol. The van der Waals surface area contributed by atoms with Gasteiger partial charge in [-0.1, -0.05) is 23.7 Å². The molecule has 2 aromatic carbocycles. The monoisotopic (exact) mass is 400 g/mol. The number of carbonyl (C=O) groups excluding carboxylic acids is 2. The second-order valence-electron chi connectivity index (χ2n) is 7.18. The fourth-order valence-corrected chi connectivity index (χ4v) is 3.44. The molecule has 1 fully saturated rings. The Morgan fingerprint density at radius 2 is 1.86 bits per heavy atom. The van der Waals surface area contributed by atoms with E-state index in [0.29, 0.717) is 29.4 Å². The van der Waals surface area contributed by atoms with Crippen molar-refractivity contribution >= 4 is 23.4 Å². The third-order valence-corrected chi connectivity index (χ3v) is 5.30. The first-order chi connectivity index (χ1) is 13.4. The van der Waals surface area contributed by atoms with Gasteiger partial charge in [-0.05, 0) is 68.1 Å². The highest BCUT2D eigenvalue weighted by molar-refractivity contribution is 6.30. The summed E-state index contributed by atoms with van der Waals surface area (Å²) in [6, 6.07) is 12.8. The lowest BCUT2D eigenvalue weighted by atomic mass is 10.0. The zero-order valence-electron chi connectivity index (χ0n) is 16.2. The molecule has 1 N–H and O–H groups in total. The first-order valence-corrected chi connectivity index (χ1v) is 9.84. The van der Waals surface area contributed by atoms with Crippen LogP contribution in [0.5, 0.6) is 5.75 Å². The molecule has 0 aromatic heterocycles. The van der Waals surface area contributed by atoms with E-state index in [9.17, 15) is 9.59 Å². The summed E-state index contributed by atoms with van der Waals surface area (Å²) in [6.07, 6.45) is 1.45. The molecule has 3 rings (SSSR count). The molecule has 1 heterocycles. The van der Waals surface area contributed by atoms with Crippen LogP contribution in [0.1, 0.15) is 34.3 Å². The van der Waals surface area contributed by atoms with Gasteiger partial charge in [0.15, 0.2) is 6.61 Å². The van der Waals surface area contributed by atoms with Gasteiger partial charge in [-0.15, -0.1) is 0 Å². The molecule has 148 valence electrons. The average molecular weight is 401 g/mol. The van der Waals surface area contributed by atoms with Gasteiger partial charge in [-0.3, -0.25) is 9.59 Å². The van der Waals surface area contributed by atoms with Crippen molar-refractivity contribution in [2.75, 3.05) is 19.7 Å². The first kappa shape index (κ1) is 20.2. The Morgan fingerprint density at radius 3 is 2.54 bits per heavy atom. The van der Waals surface area contributed by atoms with Crippen LogP contribution in [0.3, 0.4) is 0 Å². The van der Waals surface area contributed by atoms with Gasteiger partial charge in [-0.2, -0.15) is 0 Å². The van der Waals surface area contributed by atoms with Crippen molar-refractivity contribution < 1.29 is 14.3 Å². The Bertz CT molecular complexity index is 861. The molecule has 2 aromatic rings. The number of carbonyl (C=O) groups is 2. The largest absolute Gasteiger partial charge is 0.484 e. The van der Waals surface area contributed by atoms with E-state index in [1.807, 2.05) is 32.0 Å². The molecule has 1 saturated heterocycles. The molecule has 0 atom stereocenters. The number of hydrogen-bond donors (Lipinski definition) is 1. The van der Waals surface area contributed by atoms with E-state index in [2.05, 4.69) is 5.32 Å². The summed E-state index contributed by atoms with van der Waals surface area (Å²) in [5.74, 6) is 0.531. The van der Waals surface area contributed by atoms with E-state index in [4.69, 9.17) is 16.3 Å². The maximum atomic E-state index is 12.6. The van der Waals surface area contributed by atoms with Crippen molar-refractivity contribution in [2.24, 2.45) is 0 Å². The Kier molecular flexibility index (Phi) is 6.57. The fourth-order valence-electron chi connectivity index (χ4n) is 3.25. The normalized spacial score (nSPS) is 14.6. The summed E-state index contributed by atoms with van der Waals surface area (Å²) >= 11 is 5.97. The quantitative estimate of drug-likeness (QED) is 0.831. The maximum Gasteiger partial charge on any atom is 0.258 e. The van der Waals surface area contributed by atoms with Crippen LogP contribution in [0.4, 0.5) is 0 Å². The summed E-state index contributed by atoms with van der Waals surface area (Å²) in [7, 11) is 0. The highest BCUT2D eigenvalue weighted by Gasteiger charge is 2.24. The minimum atomic E-state index is -0.141. The van der Waals surface area contributed by atoms with Crippen molar-refractivity contribution in [2.45, 2.75) is 32.7 Å². The van der Waals surface area contributed by atoms with Crippen LogP contribution in [0, 0.1) is 13.8 Å². The molecule has 5 nitrogen and oxygen atoms in total. The van der Waals surface area contributed by atoms with Crippen molar-refractivity contribution in [3.63, 3.8) is 0 Å².